The number of allylic oxidation sites excluding steroid dienone is 1. The van der Waals surface area contributed by atoms with E-state index in [-0.39, 0.29) is 5.92 Å². The molecule has 1 aliphatic rings. The van der Waals surface area contributed by atoms with E-state index >= 15 is 0 Å². The first kappa shape index (κ1) is 30.7. The number of halogens is 2. The molecule has 0 aliphatic heterocycles. The van der Waals surface area contributed by atoms with Crippen molar-refractivity contribution in [2.45, 2.75) is 112 Å². The highest BCUT2D eigenvalue weighted by atomic mass is 35.5. The van der Waals surface area contributed by atoms with Crippen LogP contribution in [0.5, 0.6) is 0 Å². The van der Waals surface area contributed by atoms with Crippen LogP contribution in [-0.2, 0) is 12.8 Å². The van der Waals surface area contributed by atoms with Gasteiger partial charge in [-0.25, -0.2) is 0 Å². The zero-order valence-corrected chi connectivity index (χ0v) is 24.0. The normalized spacial score (nSPS) is 14.1. The third-order valence-corrected chi connectivity index (χ3v) is 6.90. The molecule has 1 atom stereocenters. The summed E-state index contributed by atoms with van der Waals surface area (Å²) >= 11 is 13.0. The average molecular weight is 505 g/mol. The number of unbranched alkanes of at least 4 members (excludes halogenated alkanes) is 2. The predicted molar refractivity (Wildman–Crippen MR) is 154 cm³/mol. The maximum absolute atomic E-state index is 6.71. The van der Waals surface area contributed by atoms with E-state index in [0.717, 1.165) is 22.9 Å². The Morgan fingerprint density at radius 3 is 2.24 bits per heavy atom. The fourth-order valence-electron chi connectivity index (χ4n) is 4.90. The van der Waals surface area contributed by atoms with E-state index in [9.17, 15) is 0 Å². The molecule has 34 heavy (non-hydrogen) atoms. The standard InChI is InChI=1S/C21H25Cl2N.C8H16.C2H6/c1-3-6-14(7-4-2)20-19-16(12-17(22)13-18(19)23)10-9-15-8-5-11-24-21(15)20;1-4-5-6-7-8(2)3;1-2/h5,8,11-14,20H,3-4,6-7,9-10H2,1-2H3;2,4-7H2,1,3H3;1-2H3. The van der Waals surface area contributed by atoms with Gasteiger partial charge in [0.2, 0.25) is 0 Å². The Kier molecular flexibility index (Phi) is 15.5. The number of benzene rings is 1. The molecule has 1 aromatic carbocycles. The van der Waals surface area contributed by atoms with Gasteiger partial charge in [-0.05, 0) is 86.3 Å². The number of aromatic nitrogens is 1. The molecule has 1 unspecified atom stereocenters. The van der Waals surface area contributed by atoms with E-state index in [2.05, 4.69) is 52.5 Å². The molecule has 1 heterocycles. The number of hydrogen-bond acceptors (Lipinski definition) is 1. The van der Waals surface area contributed by atoms with E-state index in [1.807, 2.05) is 26.1 Å². The first-order chi connectivity index (χ1) is 16.4. The molecule has 0 fully saturated rings. The summed E-state index contributed by atoms with van der Waals surface area (Å²) in [5.41, 5.74) is 6.48. The summed E-state index contributed by atoms with van der Waals surface area (Å²) in [6.45, 7) is 16.7. The molecule has 3 heteroatoms. The van der Waals surface area contributed by atoms with Gasteiger partial charge >= 0.3 is 0 Å². The smallest absolute Gasteiger partial charge is 0.0513 e. The van der Waals surface area contributed by atoms with Crippen molar-refractivity contribution in [2.24, 2.45) is 5.92 Å². The van der Waals surface area contributed by atoms with Crippen LogP contribution < -0.4 is 0 Å². The van der Waals surface area contributed by atoms with Gasteiger partial charge in [-0.3, -0.25) is 4.98 Å². The molecule has 0 spiro atoms. The molecular formula is C31H47Cl2N. The third-order valence-electron chi connectivity index (χ3n) is 6.37. The van der Waals surface area contributed by atoms with Crippen LogP contribution in [0.25, 0.3) is 0 Å². The lowest BCUT2D eigenvalue weighted by atomic mass is 9.77. The van der Waals surface area contributed by atoms with Crippen molar-refractivity contribution < 1.29 is 0 Å². The quantitative estimate of drug-likeness (QED) is 0.244. The summed E-state index contributed by atoms with van der Waals surface area (Å²) in [5, 5.41) is 1.54. The molecule has 1 nitrogen and oxygen atoms in total. The zero-order valence-electron chi connectivity index (χ0n) is 22.5. The van der Waals surface area contributed by atoms with Crippen LogP contribution in [0.2, 0.25) is 10.0 Å². The number of pyridine rings is 1. The predicted octanol–water partition coefficient (Wildman–Crippen LogP) is 11.0. The molecule has 0 amide bonds. The number of aryl methyl sites for hydroxylation is 2. The van der Waals surface area contributed by atoms with Crippen molar-refractivity contribution in [1.82, 2.24) is 4.98 Å². The lowest BCUT2D eigenvalue weighted by Gasteiger charge is -2.29. The van der Waals surface area contributed by atoms with Crippen LogP contribution >= 0.6 is 23.2 Å². The number of hydrogen-bond donors (Lipinski definition) is 0. The molecule has 0 N–H and O–H groups in total. The second-order valence-electron chi connectivity index (χ2n) is 9.24. The summed E-state index contributed by atoms with van der Waals surface area (Å²) in [4.78, 5) is 4.82. The van der Waals surface area contributed by atoms with E-state index in [0.29, 0.717) is 5.92 Å². The Morgan fingerprint density at radius 1 is 1.00 bits per heavy atom. The third kappa shape index (κ3) is 9.38. The van der Waals surface area contributed by atoms with Crippen LogP contribution in [-0.4, -0.2) is 4.98 Å². The van der Waals surface area contributed by atoms with Crippen LogP contribution in [0.1, 0.15) is 121 Å². The second kappa shape index (κ2) is 17.2. The highest BCUT2D eigenvalue weighted by Crippen LogP contribution is 2.45. The minimum Gasteiger partial charge on any atom is -0.260 e. The maximum atomic E-state index is 6.71. The van der Waals surface area contributed by atoms with E-state index < -0.39 is 0 Å². The van der Waals surface area contributed by atoms with Gasteiger partial charge in [-0.15, -0.1) is 6.58 Å². The van der Waals surface area contributed by atoms with E-state index in [4.69, 9.17) is 28.2 Å². The second-order valence-corrected chi connectivity index (χ2v) is 10.1. The zero-order chi connectivity index (χ0) is 25.5. The lowest BCUT2D eigenvalue weighted by molar-refractivity contribution is 0.390. The maximum Gasteiger partial charge on any atom is 0.0513 e. The van der Waals surface area contributed by atoms with Crippen LogP contribution in [0.15, 0.2) is 42.6 Å². The van der Waals surface area contributed by atoms with Crippen molar-refractivity contribution in [3.63, 3.8) is 0 Å². The van der Waals surface area contributed by atoms with Crippen LogP contribution in [0, 0.1) is 5.92 Å². The minimum atomic E-state index is 0.281. The number of nitrogens with zero attached hydrogens (tertiary/aromatic N) is 1. The van der Waals surface area contributed by atoms with Crippen molar-refractivity contribution in [2.75, 3.05) is 0 Å². The van der Waals surface area contributed by atoms with Gasteiger partial charge in [0.1, 0.15) is 0 Å². The van der Waals surface area contributed by atoms with E-state index in [1.54, 1.807) is 0 Å². The molecule has 1 aliphatic carbocycles. The SMILES string of the molecule is C=C(C)CCCCC.CC.CCCC(CCC)C1c2ncccc2CCc2cc(Cl)cc(Cl)c21. The van der Waals surface area contributed by atoms with Gasteiger partial charge in [0.25, 0.3) is 0 Å². The Bertz CT molecular complexity index is 853. The molecule has 0 saturated carbocycles. The molecule has 0 radical (unpaired) electrons. The summed E-state index contributed by atoms with van der Waals surface area (Å²) < 4.78 is 0. The van der Waals surface area contributed by atoms with Gasteiger partial charge < -0.3 is 0 Å². The molecule has 0 saturated heterocycles. The summed E-state index contributed by atoms with van der Waals surface area (Å²) in [6, 6.07) is 8.29. The molecule has 190 valence electrons. The van der Waals surface area contributed by atoms with Gasteiger partial charge in [0.05, 0.1) is 5.69 Å². The van der Waals surface area contributed by atoms with Crippen molar-refractivity contribution in [3.8, 4) is 0 Å². The summed E-state index contributed by atoms with van der Waals surface area (Å²) in [7, 11) is 0. The number of rotatable bonds is 9. The minimum absolute atomic E-state index is 0.281. The molecule has 0 bridgehead atoms. The summed E-state index contributed by atoms with van der Waals surface area (Å²) in [6.07, 6.45) is 13.9. The molecule has 1 aromatic heterocycles. The number of fused-ring (bicyclic) bond motifs is 2. The Morgan fingerprint density at radius 2 is 1.65 bits per heavy atom. The molecule has 3 rings (SSSR count). The first-order valence-electron chi connectivity index (χ1n) is 13.5. The Hall–Kier alpha value is -1.31. The van der Waals surface area contributed by atoms with Crippen molar-refractivity contribution >= 4 is 23.2 Å². The van der Waals surface area contributed by atoms with Gasteiger partial charge in [0, 0.05) is 22.2 Å². The van der Waals surface area contributed by atoms with E-state index in [1.165, 1.54) is 79.3 Å². The van der Waals surface area contributed by atoms with Crippen LogP contribution in [0.4, 0.5) is 0 Å². The van der Waals surface area contributed by atoms with Crippen molar-refractivity contribution in [1.29, 1.82) is 0 Å². The van der Waals surface area contributed by atoms with Crippen LogP contribution in [0.3, 0.4) is 0 Å². The van der Waals surface area contributed by atoms with Gasteiger partial charge in [-0.1, -0.05) is 95.1 Å². The highest BCUT2D eigenvalue weighted by Gasteiger charge is 2.32. The average Bonchev–Trinajstić information content (AvgIpc) is 2.98. The van der Waals surface area contributed by atoms with Crippen molar-refractivity contribution in [3.05, 3.63) is 75.0 Å². The van der Waals surface area contributed by atoms with Gasteiger partial charge in [0.15, 0.2) is 0 Å². The molecular weight excluding hydrogens is 457 g/mol. The fourth-order valence-corrected chi connectivity index (χ4v) is 5.55. The topological polar surface area (TPSA) is 12.9 Å². The first-order valence-corrected chi connectivity index (χ1v) is 14.2. The largest absolute Gasteiger partial charge is 0.260 e. The Labute approximate surface area is 220 Å². The monoisotopic (exact) mass is 503 g/mol. The molecule has 2 aromatic rings. The lowest BCUT2D eigenvalue weighted by Crippen LogP contribution is -2.18. The Balaban J connectivity index is 0.000000493. The highest BCUT2D eigenvalue weighted by molar-refractivity contribution is 6.35. The van der Waals surface area contributed by atoms with Gasteiger partial charge in [-0.2, -0.15) is 0 Å². The fraction of sp³-hybridized carbons (Fsp3) is 0.581. The summed E-state index contributed by atoms with van der Waals surface area (Å²) in [5.74, 6) is 0.854.